The molecule has 8 heteroatoms. The molecule has 250 valence electrons. The van der Waals surface area contributed by atoms with Crippen molar-refractivity contribution in [3.8, 4) is 22.3 Å². The summed E-state index contributed by atoms with van der Waals surface area (Å²) in [4.78, 5) is 26.1. The largest absolute Gasteiger partial charge is 0.322 e. The van der Waals surface area contributed by atoms with Crippen molar-refractivity contribution in [1.29, 1.82) is 0 Å². The molecule has 0 aliphatic rings. The van der Waals surface area contributed by atoms with Gasteiger partial charge >= 0.3 is 0 Å². The molecule has 2 amide bonds. The van der Waals surface area contributed by atoms with Crippen molar-refractivity contribution in [2.24, 2.45) is 20.5 Å². The van der Waals surface area contributed by atoms with Gasteiger partial charge in [-0.3, -0.25) is 9.59 Å². The quantitative estimate of drug-likeness (QED) is 0.141. The van der Waals surface area contributed by atoms with Crippen LogP contribution in [-0.4, -0.2) is 11.8 Å². The highest BCUT2D eigenvalue weighted by Gasteiger charge is 2.12. The zero-order valence-electron chi connectivity index (χ0n) is 27.9. The fourth-order valence-corrected chi connectivity index (χ4v) is 5.36. The Labute approximate surface area is 301 Å². The van der Waals surface area contributed by atoms with Gasteiger partial charge in [0, 0.05) is 22.5 Å². The number of hydrogen-bond donors (Lipinski definition) is 2. The molecule has 0 heterocycles. The molecule has 8 nitrogen and oxygen atoms in total. The van der Waals surface area contributed by atoms with Crippen LogP contribution in [0.1, 0.15) is 20.7 Å². The van der Waals surface area contributed by atoms with Crippen LogP contribution in [0.5, 0.6) is 0 Å². The van der Waals surface area contributed by atoms with Gasteiger partial charge < -0.3 is 10.6 Å². The monoisotopic (exact) mass is 676 g/mol. The van der Waals surface area contributed by atoms with Crippen LogP contribution in [-0.2, 0) is 0 Å². The van der Waals surface area contributed by atoms with Crippen LogP contribution in [0.2, 0.25) is 0 Å². The molecular weight excluding hydrogens is 645 g/mol. The highest BCUT2D eigenvalue weighted by Crippen LogP contribution is 2.26. The molecule has 7 aromatic rings. The van der Waals surface area contributed by atoms with E-state index in [1.54, 1.807) is 72.8 Å². The smallest absolute Gasteiger partial charge is 0.255 e. The van der Waals surface area contributed by atoms with Gasteiger partial charge in [0.15, 0.2) is 0 Å². The minimum Gasteiger partial charge on any atom is -0.322 e. The fourth-order valence-electron chi connectivity index (χ4n) is 5.36. The zero-order valence-corrected chi connectivity index (χ0v) is 27.9. The van der Waals surface area contributed by atoms with Gasteiger partial charge in [0.1, 0.15) is 0 Å². The van der Waals surface area contributed by atoms with E-state index >= 15 is 0 Å². The average Bonchev–Trinajstić information content (AvgIpc) is 3.21. The highest BCUT2D eigenvalue weighted by molar-refractivity contribution is 6.08. The molecule has 0 aliphatic heterocycles. The molecule has 0 atom stereocenters. The lowest BCUT2D eigenvalue weighted by molar-refractivity contribution is 0.102. The highest BCUT2D eigenvalue weighted by atomic mass is 16.2. The number of rotatable bonds is 10. The van der Waals surface area contributed by atoms with Crippen LogP contribution in [0, 0.1) is 0 Å². The van der Waals surface area contributed by atoms with Crippen molar-refractivity contribution in [3.05, 3.63) is 193 Å². The molecule has 2 N–H and O–H groups in total. The normalized spacial score (nSPS) is 11.1. The van der Waals surface area contributed by atoms with Gasteiger partial charge in [0.25, 0.3) is 11.8 Å². The van der Waals surface area contributed by atoms with E-state index in [4.69, 9.17) is 0 Å². The van der Waals surface area contributed by atoms with Crippen molar-refractivity contribution in [3.63, 3.8) is 0 Å². The van der Waals surface area contributed by atoms with Gasteiger partial charge in [-0.05, 0) is 113 Å². The first-order valence-electron chi connectivity index (χ1n) is 16.6. The van der Waals surface area contributed by atoms with E-state index in [2.05, 4.69) is 55.4 Å². The van der Waals surface area contributed by atoms with Crippen LogP contribution in [0.3, 0.4) is 0 Å². The topological polar surface area (TPSA) is 108 Å². The first-order valence-corrected chi connectivity index (χ1v) is 16.6. The van der Waals surface area contributed by atoms with Crippen molar-refractivity contribution in [2.45, 2.75) is 0 Å². The van der Waals surface area contributed by atoms with E-state index in [-0.39, 0.29) is 11.8 Å². The van der Waals surface area contributed by atoms with Crippen LogP contribution in [0.4, 0.5) is 34.1 Å². The summed E-state index contributed by atoms with van der Waals surface area (Å²) in [5.41, 5.74) is 9.15. The molecule has 0 spiro atoms. The molecule has 0 saturated carbocycles. The van der Waals surface area contributed by atoms with E-state index in [9.17, 15) is 9.59 Å². The van der Waals surface area contributed by atoms with E-state index in [1.165, 1.54) is 0 Å². The molecule has 52 heavy (non-hydrogen) atoms. The zero-order chi connectivity index (χ0) is 35.5. The Morgan fingerprint density at radius 2 is 0.635 bits per heavy atom. The number of carbonyl (C=O) groups is 2. The molecule has 7 rings (SSSR count). The van der Waals surface area contributed by atoms with Gasteiger partial charge in [-0.1, -0.05) is 91.0 Å². The summed E-state index contributed by atoms with van der Waals surface area (Å²) in [5.74, 6) is -0.682. The molecule has 0 bridgehead atoms. The van der Waals surface area contributed by atoms with E-state index < -0.39 is 0 Å². The number of amides is 2. The SMILES string of the molecule is O=C(Nc1ccc(N=Nc2ccc(-c3ccccc3)cc2)cc1)c1cccc(C(=O)Nc2ccc(N=Nc3ccc(-c4ccccc4)cc3)cc2)c1. The number of benzene rings is 7. The third-order valence-electron chi connectivity index (χ3n) is 8.15. The number of carbonyl (C=O) groups excluding carboxylic acids is 2. The predicted molar refractivity (Wildman–Crippen MR) is 207 cm³/mol. The number of hydrogen-bond acceptors (Lipinski definition) is 6. The first-order chi connectivity index (χ1) is 25.6. The van der Waals surface area contributed by atoms with E-state index in [0.717, 1.165) is 33.6 Å². The molecule has 0 radical (unpaired) electrons. The lowest BCUT2D eigenvalue weighted by Crippen LogP contribution is -2.15. The molecule has 0 unspecified atom stereocenters. The lowest BCUT2D eigenvalue weighted by Gasteiger charge is -2.08. The van der Waals surface area contributed by atoms with Gasteiger partial charge in [0.2, 0.25) is 0 Å². The Hall–Kier alpha value is -7.32. The Morgan fingerprint density at radius 1 is 0.327 bits per heavy atom. The van der Waals surface area contributed by atoms with E-state index in [1.807, 2.05) is 84.9 Å². The minimum atomic E-state index is -0.341. The molecule has 0 aromatic heterocycles. The molecule has 0 fully saturated rings. The summed E-state index contributed by atoms with van der Waals surface area (Å²) in [6.07, 6.45) is 0. The lowest BCUT2D eigenvalue weighted by atomic mass is 10.1. The average molecular weight is 677 g/mol. The molecular formula is C44H32N6O2. The molecule has 0 aliphatic carbocycles. The summed E-state index contributed by atoms with van der Waals surface area (Å²) < 4.78 is 0. The molecule has 7 aromatic carbocycles. The van der Waals surface area contributed by atoms with Crippen molar-refractivity contribution in [2.75, 3.05) is 10.6 Å². The molecule has 0 saturated heterocycles. The van der Waals surface area contributed by atoms with Gasteiger partial charge in [0.05, 0.1) is 22.7 Å². The predicted octanol–water partition coefficient (Wildman–Crippen LogP) is 12.4. The number of azo groups is 2. The van der Waals surface area contributed by atoms with E-state index in [0.29, 0.717) is 33.9 Å². The Balaban J connectivity index is 0.912. The van der Waals surface area contributed by atoms with Crippen LogP contribution in [0.25, 0.3) is 22.3 Å². The maximum absolute atomic E-state index is 13.1. The third kappa shape index (κ3) is 8.63. The van der Waals surface area contributed by atoms with Crippen LogP contribution in [0.15, 0.2) is 202 Å². The Bertz CT molecular complexity index is 2170. The summed E-state index contributed by atoms with van der Waals surface area (Å²) >= 11 is 0. The van der Waals surface area contributed by atoms with Gasteiger partial charge in [-0.25, -0.2) is 0 Å². The van der Waals surface area contributed by atoms with Crippen LogP contribution >= 0.6 is 0 Å². The minimum absolute atomic E-state index is 0.341. The van der Waals surface area contributed by atoms with Crippen molar-refractivity contribution in [1.82, 2.24) is 0 Å². The van der Waals surface area contributed by atoms with Crippen molar-refractivity contribution < 1.29 is 9.59 Å². The second-order valence-electron chi connectivity index (χ2n) is 11.8. The third-order valence-corrected chi connectivity index (χ3v) is 8.15. The summed E-state index contributed by atoms with van der Waals surface area (Å²) in [6, 6.07) is 56.7. The summed E-state index contributed by atoms with van der Waals surface area (Å²) in [5, 5.41) is 23.0. The Kier molecular flexibility index (Phi) is 10.2. The number of nitrogens with one attached hydrogen (secondary N) is 2. The maximum atomic E-state index is 13.1. The first kappa shape index (κ1) is 33.2. The second kappa shape index (κ2) is 15.9. The maximum Gasteiger partial charge on any atom is 0.255 e. The Morgan fingerprint density at radius 3 is 0.981 bits per heavy atom. The summed E-state index contributed by atoms with van der Waals surface area (Å²) in [6.45, 7) is 0. The fraction of sp³-hybridized carbons (Fsp3) is 0. The van der Waals surface area contributed by atoms with Crippen molar-refractivity contribution >= 4 is 45.9 Å². The second-order valence-corrected chi connectivity index (χ2v) is 11.8. The standard InChI is InChI=1S/C44H32N6O2/c51-43(45-37-22-26-41(27-23-37)49-47-39-18-14-33(15-19-39)31-8-3-1-4-9-31)35-12-7-13-36(30-35)44(52)46-38-24-28-42(29-25-38)50-48-40-20-16-34(17-21-40)32-10-5-2-6-11-32/h1-30H,(H,45,51)(H,46,52). The summed E-state index contributed by atoms with van der Waals surface area (Å²) in [7, 11) is 0. The number of nitrogens with zero attached hydrogens (tertiary/aromatic N) is 4. The van der Waals surface area contributed by atoms with Crippen LogP contribution < -0.4 is 10.6 Å². The van der Waals surface area contributed by atoms with Gasteiger partial charge in [-0.15, -0.1) is 0 Å². The number of anilines is 2. The van der Waals surface area contributed by atoms with Gasteiger partial charge in [-0.2, -0.15) is 20.5 Å².